The summed E-state index contributed by atoms with van der Waals surface area (Å²) in [5, 5.41) is 4.01. The van der Waals surface area contributed by atoms with Crippen molar-refractivity contribution in [3.63, 3.8) is 0 Å². The van der Waals surface area contributed by atoms with Crippen molar-refractivity contribution in [2.45, 2.75) is 32.2 Å². The fourth-order valence-corrected chi connectivity index (χ4v) is 2.82. The Morgan fingerprint density at radius 1 is 1.48 bits per heavy atom. The van der Waals surface area contributed by atoms with E-state index in [4.69, 9.17) is 4.52 Å². The van der Waals surface area contributed by atoms with Gasteiger partial charge in [-0.15, -0.1) is 0 Å². The Balaban J connectivity index is 1.76. The molecule has 3 rings (SSSR count). The molecule has 0 aliphatic carbocycles. The van der Waals surface area contributed by atoms with E-state index < -0.39 is 0 Å². The third-order valence-corrected chi connectivity index (χ3v) is 3.86. The van der Waals surface area contributed by atoms with Crippen LogP contribution in [0.2, 0.25) is 0 Å². The number of benzene rings is 1. The number of aryl methyl sites for hydroxylation is 1. The molecule has 1 amide bonds. The second-order valence-corrected chi connectivity index (χ2v) is 5.38. The molecule has 1 unspecified atom stereocenters. The predicted octanol–water partition coefficient (Wildman–Crippen LogP) is 3.03. The number of hydrogen-bond acceptors (Lipinski definition) is 3. The second-order valence-electron chi connectivity index (χ2n) is 5.38. The monoisotopic (exact) mass is 288 g/mol. The van der Waals surface area contributed by atoms with Crippen molar-refractivity contribution in [2.24, 2.45) is 0 Å². The topological polar surface area (TPSA) is 46.3 Å². The third kappa shape index (κ3) is 2.82. The molecule has 2 aromatic rings. The molecule has 5 heteroatoms. The largest absolute Gasteiger partial charge is 0.361 e. The first-order chi connectivity index (χ1) is 10.1. The van der Waals surface area contributed by atoms with Crippen molar-refractivity contribution in [2.75, 3.05) is 6.54 Å². The Kier molecular flexibility index (Phi) is 3.73. The van der Waals surface area contributed by atoms with Crippen molar-refractivity contribution in [1.82, 2.24) is 10.1 Å². The van der Waals surface area contributed by atoms with E-state index >= 15 is 0 Å². The summed E-state index contributed by atoms with van der Waals surface area (Å²) >= 11 is 0. The summed E-state index contributed by atoms with van der Waals surface area (Å²) in [6.45, 7) is 2.51. The van der Waals surface area contributed by atoms with Crippen LogP contribution in [0.15, 0.2) is 34.9 Å². The first-order valence-corrected chi connectivity index (χ1v) is 7.11. The Morgan fingerprint density at radius 2 is 2.29 bits per heavy atom. The van der Waals surface area contributed by atoms with Gasteiger partial charge in [0, 0.05) is 12.6 Å². The molecule has 0 bridgehead atoms. The first kappa shape index (κ1) is 13.8. The third-order valence-electron chi connectivity index (χ3n) is 3.86. The van der Waals surface area contributed by atoms with Gasteiger partial charge in [-0.3, -0.25) is 4.79 Å². The average molecular weight is 288 g/mol. The van der Waals surface area contributed by atoms with Gasteiger partial charge < -0.3 is 9.42 Å². The molecular weight excluding hydrogens is 271 g/mol. The molecule has 1 aromatic carbocycles. The van der Waals surface area contributed by atoms with Crippen LogP contribution in [0.3, 0.4) is 0 Å². The van der Waals surface area contributed by atoms with Gasteiger partial charge in [-0.1, -0.05) is 23.4 Å². The Morgan fingerprint density at radius 3 is 3.00 bits per heavy atom. The van der Waals surface area contributed by atoms with Gasteiger partial charge in [-0.25, -0.2) is 4.39 Å². The van der Waals surface area contributed by atoms with E-state index in [-0.39, 0.29) is 24.2 Å². The molecule has 110 valence electrons. The quantitative estimate of drug-likeness (QED) is 0.872. The van der Waals surface area contributed by atoms with Crippen LogP contribution < -0.4 is 0 Å². The zero-order valence-electron chi connectivity index (χ0n) is 11.9. The van der Waals surface area contributed by atoms with Crippen LogP contribution in [0.5, 0.6) is 0 Å². The summed E-state index contributed by atoms with van der Waals surface area (Å²) in [5.74, 6) is 0.334. The smallest absolute Gasteiger partial charge is 0.227 e. The lowest BCUT2D eigenvalue weighted by Gasteiger charge is -2.23. The van der Waals surface area contributed by atoms with Crippen LogP contribution in [0, 0.1) is 12.7 Å². The molecule has 1 aromatic heterocycles. The number of likely N-dealkylation sites (tertiary alicyclic amines) is 1. The van der Waals surface area contributed by atoms with Crippen molar-refractivity contribution in [3.05, 3.63) is 53.2 Å². The lowest BCUT2D eigenvalue weighted by atomic mass is 10.1. The SMILES string of the molecule is Cc1cc(C2CCCN2C(=O)Cc2ccccc2F)no1. The van der Waals surface area contributed by atoms with Gasteiger partial charge in [0.1, 0.15) is 17.3 Å². The molecule has 1 aliphatic heterocycles. The minimum atomic E-state index is -0.334. The number of halogens is 1. The number of carbonyl (C=O) groups is 1. The fourth-order valence-electron chi connectivity index (χ4n) is 2.82. The van der Waals surface area contributed by atoms with Gasteiger partial charge in [0.15, 0.2) is 0 Å². The predicted molar refractivity (Wildman–Crippen MR) is 75.0 cm³/mol. The highest BCUT2D eigenvalue weighted by Gasteiger charge is 2.32. The minimum Gasteiger partial charge on any atom is -0.361 e. The van der Waals surface area contributed by atoms with Gasteiger partial charge >= 0.3 is 0 Å². The molecule has 2 heterocycles. The number of carbonyl (C=O) groups excluding carboxylic acids is 1. The Labute approximate surface area is 122 Å². The lowest BCUT2D eigenvalue weighted by Crippen LogP contribution is -2.32. The first-order valence-electron chi connectivity index (χ1n) is 7.11. The summed E-state index contributed by atoms with van der Waals surface area (Å²) in [4.78, 5) is 14.2. The Hall–Kier alpha value is -2.17. The molecular formula is C16H17FN2O2. The number of rotatable bonds is 3. The zero-order valence-corrected chi connectivity index (χ0v) is 11.9. The van der Waals surface area contributed by atoms with Gasteiger partial charge in [0.25, 0.3) is 0 Å². The highest BCUT2D eigenvalue weighted by atomic mass is 19.1. The van der Waals surface area contributed by atoms with E-state index in [1.807, 2.05) is 13.0 Å². The Bertz CT molecular complexity index is 653. The van der Waals surface area contributed by atoms with Crippen molar-refractivity contribution in [3.8, 4) is 0 Å². The van der Waals surface area contributed by atoms with E-state index in [1.165, 1.54) is 6.07 Å². The summed E-state index contributed by atoms with van der Waals surface area (Å²) in [5.41, 5.74) is 1.22. The second kappa shape index (κ2) is 5.68. The standard InChI is InChI=1S/C16H17FN2O2/c1-11-9-14(18-21-11)15-7-4-8-19(15)16(20)10-12-5-2-3-6-13(12)17/h2-3,5-6,9,15H,4,7-8,10H2,1H3. The summed E-state index contributed by atoms with van der Waals surface area (Å²) < 4.78 is 18.8. The van der Waals surface area contributed by atoms with Crippen LogP contribution in [0.4, 0.5) is 4.39 Å². The average Bonchev–Trinajstić information content (AvgIpc) is 3.09. The molecule has 0 saturated carbocycles. The van der Waals surface area contributed by atoms with Crippen LogP contribution in [0.25, 0.3) is 0 Å². The number of nitrogens with zero attached hydrogens (tertiary/aromatic N) is 2. The highest BCUT2D eigenvalue weighted by Crippen LogP contribution is 2.32. The van der Waals surface area contributed by atoms with Crippen LogP contribution >= 0.6 is 0 Å². The molecule has 0 radical (unpaired) electrons. The van der Waals surface area contributed by atoms with E-state index in [9.17, 15) is 9.18 Å². The minimum absolute atomic E-state index is 0.0540. The van der Waals surface area contributed by atoms with Crippen LogP contribution in [0.1, 0.15) is 35.9 Å². The molecule has 1 fully saturated rings. The van der Waals surface area contributed by atoms with Crippen molar-refractivity contribution < 1.29 is 13.7 Å². The lowest BCUT2D eigenvalue weighted by molar-refractivity contribution is -0.131. The van der Waals surface area contributed by atoms with Crippen molar-refractivity contribution in [1.29, 1.82) is 0 Å². The summed E-state index contributed by atoms with van der Waals surface area (Å²) in [6, 6.07) is 8.21. The normalized spacial score (nSPS) is 18.2. The van der Waals surface area contributed by atoms with E-state index in [0.717, 1.165) is 24.3 Å². The maximum absolute atomic E-state index is 13.7. The van der Waals surface area contributed by atoms with E-state index in [0.29, 0.717) is 12.1 Å². The number of aromatic nitrogens is 1. The molecule has 0 N–H and O–H groups in total. The van der Waals surface area contributed by atoms with Gasteiger partial charge in [-0.05, 0) is 31.4 Å². The number of hydrogen-bond donors (Lipinski definition) is 0. The number of amides is 1. The van der Waals surface area contributed by atoms with Crippen molar-refractivity contribution >= 4 is 5.91 Å². The fraction of sp³-hybridized carbons (Fsp3) is 0.375. The zero-order chi connectivity index (χ0) is 14.8. The van der Waals surface area contributed by atoms with Crippen LogP contribution in [-0.4, -0.2) is 22.5 Å². The van der Waals surface area contributed by atoms with E-state index in [2.05, 4.69) is 5.16 Å². The molecule has 4 nitrogen and oxygen atoms in total. The van der Waals surface area contributed by atoms with Gasteiger partial charge in [0.2, 0.25) is 5.91 Å². The molecule has 1 aliphatic rings. The molecule has 0 spiro atoms. The van der Waals surface area contributed by atoms with E-state index in [1.54, 1.807) is 23.1 Å². The molecule has 1 atom stereocenters. The van der Waals surface area contributed by atoms with Crippen LogP contribution in [-0.2, 0) is 11.2 Å². The molecule has 21 heavy (non-hydrogen) atoms. The highest BCUT2D eigenvalue weighted by molar-refractivity contribution is 5.79. The maximum atomic E-state index is 13.7. The van der Waals surface area contributed by atoms with Gasteiger partial charge in [0.05, 0.1) is 12.5 Å². The summed E-state index contributed by atoms with van der Waals surface area (Å²) in [6.07, 6.45) is 1.88. The summed E-state index contributed by atoms with van der Waals surface area (Å²) in [7, 11) is 0. The van der Waals surface area contributed by atoms with Gasteiger partial charge in [-0.2, -0.15) is 0 Å². The molecule has 1 saturated heterocycles. The maximum Gasteiger partial charge on any atom is 0.227 e.